The minimum Gasteiger partial charge on any atom is -0.507 e. The van der Waals surface area contributed by atoms with Gasteiger partial charge in [0.15, 0.2) is 0 Å². The fraction of sp³-hybridized carbons (Fsp3) is 0.111. The second-order valence-electron chi connectivity index (χ2n) is 5.24. The molecule has 0 amide bonds. The predicted molar refractivity (Wildman–Crippen MR) is 98.0 cm³/mol. The van der Waals surface area contributed by atoms with Gasteiger partial charge in [-0.05, 0) is 48.7 Å². The molecule has 0 atom stereocenters. The van der Waals surface area contributed by atoms with Crippen LogP contribution in [-0.2, 0) is 9.32 Å². The standard InChI is InChI=1S/C18H18N2O3S/c1-12-17(24-23-22-20-14-6-4-3-5-7-14)11-13-10-15(19-2)8-9-16(13)18(12)21/h3-11,19-21H,1-2H3. The summed E-state index contributed by atoms with van der Waals surface area (Å²) in [6.07, 6.45) is 0. The summed E-state index contributed by atoms with van der Waals surface area (Å²) in [6.45, 7) is 1.84. The molecule has 5 nitrogen and oxygen atoms in total. The fourth-order valence-corrected chi connectivity index (χ4v) is 2.87. The Kier molecular flexibility index (Phi) is 5.10. The smallest absolute Gasteiger partial charge is 0.127 e. The maximum Gasteiger partial charge on any atom is 0.127 e. The molecular formula is C18H18N2O3S. The number of fused-ring (bicyclic) bond motifs is 1. The van der Waals surface area contributed by atoms with Crippen molar-refractivity contribution in [1.29, 1.82) is 0 Å². The van der Waals surface area contributed by atoms with Gasteiger partial charge in [0.25, 0.3) is 0 Å². The van der Waals surface area contributed by atoms with Gasteiger partial charge in [-0.3, -0.25) is 0 Å². The molecule has 3 aromatic carbocycles. The Morgan fingerprint density at radius 2 is 1.79 bits per heavy atom. The third-order valence-corrected chi connectivity index (χ3v) is 4.44. The summed E-state index contributed by atoms with van der Waals surface area (Å²) in [6, 6.07) is 17.2. The van der Waals surface area contributed by atoms with Crippen LogP contribution in [0.3, 0.4) is 0 Å². The molecule has 3 rings (SSSR count). The molecule has 0 radical (unpaired) electrons. The van der Waals surface area contributed by atoms with E-state index in [4.69, 9.17) is 9.32 Å². The first-order valence-electron chi connectivity index (χ1n) is 7.44. The van der Waals surface area contributed by atoms with Crippen molar-refractivity contribution in [1.82, 2.24) is 0 Å². The van der Waals surface area contributed by atoms with Gasteiger partial charge in [-0.25, -0.2) is 5.48 Å². The lowest BCUT2D eigenvalue weighted by atomic mass is 10.1. The monoisotopic (exact) mass is 342 g/mol. The van der Waals surface area contributed by atoms with Gasteiger partial charge >= 0.3 is 0 Å². The summed E-state index contributed by atoms with van der Waals surface area (Å²) < 4.78 is 5.14. The van der Waals surface area contributed by atoms with E-state index in [1.54, 1.807) is 0 Å². The first kappa shape index (κ1) is 16.4. The summed E-state index contributed by atoms with van der Waals surface area (Å²) in [4.78, 5) is 5.78. The molecular weight excluding hydrogens is 324 g/mol. The largest absolute Gasteiger partial charge is 0.507 e. The lowest BCUT2D eigenvalue weighted by molar-refractivity contribution is -0.161. The Bertz CT molecular complexity index is 841. The predicted octanol–water partition coefficient (Wildman–Crippen LogP) is 4.88. The Balaban J connectivity index is 1.72. The van der Waals surface area contributed by atoms with Crippen LogP contribution in [0.1, 0.15) is 5.56 Å². The number of phenols is 1. The average molecular weight is 342 g/mol. The van der Waals surface area contributed by atoms with E-state index in [-0.39, 0.29) is 5.75 Å². The van der Waals surface area contributed by atoms with Crippen molar-refractivity contribution in [3.8, 4) is 5.75 Å². The van der Waals surface area contributed by atoms with Crippen molar-refractivity contribution in [2.24, 2.45) is 0 Å². The molecule has 124 valence electrons. The van der Waals surface area contributed by atoms with Crippen molar-refractivity contribution < 1.29 is 14.4 Å². The number of rotatable bonds is 6. The Morgan fingerprint density at radius 1 is 1.00 bits per heavy atom. The Labute approximate surface area is 144 Å². The number of benzene rings is 3. The fourth-order valence-electron chi connectivity index (χ4n) is 2.33. The highest BCUT2D eigenvalue weighted by molar-refractivity contribution is 7.94. The molecule has 6 heteroatoms. The molecule has 0 bridgehead atoms. The van der Waals surface area contributed by atoms with Gasteiger partial charge in [0.2, 0.25) is 0 Å². The van der Waals surface area contributed by atoms with Crippen LogP contribution in [0.25, 0.3) is 10.8 Å². The average Bonchev–Trinajstić information content (AvgIpc) is 2.63. The summed E-state index contributed by atoms with van der Waals surface area (Å²) in [5.41, 5.74) is 5.20. The van der Waals surface area contributed by atoms with E-state index in [2.05, 4.69) is 10.8 Å². The number of phenolic OH excluding ortho intramolecular Hbond substituents is 1. The Hall–Kier alpha value is -2.41. The van der Waals surface area contributed by atoms with Gasteiger partial charge in [0.1, 0.15) is 5.75 Å². The second-order valence-corrected chi connectivity index (χ2v) is 5.98. The number of hydrogen-bond acceptors (Lipinski definition) is 6. The molecule has 0 saturated heterocycles. The zero-order valence-electron chi connectivity index (χ0n) is 13.4. The molecule has 0 aliphatic heterocycles. The minimum absolute atomic E-state index is 0.247. The molecule has 24 heavy (non-hydrogen) atoms. The van der Waals surface area contributed by atoms with Gasteiger partial charge in [-0.2, -0.15) is 0 Å². The van der Waals surface area contributed by atoms with Crippen molar-refractivity contribution in [2.45, 2.75) is 11.8 Å². The number of hydrogen-bond donors (Lipinski definition) is 3. The lowest BCUT2D eigenvalue weighted by Gasteiger charge is -2.11. The zero-order valence-corrected chi connectivity index (χ0v) is 14.2. The summed E-state index contributed by atoms with van der Waals surface area (Å²) in [7, 11) is 1.86. The van der Waals surface area contributed by atoms with Crippen molar-refractivity contribution in [2.75, 3.05) is 17.8 Å². The van der Waals surface area contributed by atoms with Crippen LogP contribution in [0.4, 0.5) is 11.4 Å². The van der Waals surface area contributed by atoms with E-state index in [0.29, 0.717) is 0 Å². The quantitative estimate of drug-likeness (QED) is 0.257. The first-order chi connectivity index (χ1) is 11.7. The molecule has 3 aromatic rings. The highest BCUT2D eigenvalue weighted by Gasteiger charge is 2.11. The van der Waals surface area contributed by atoms with Crippen LogP contribution in [-0.4, -0.2) is 12.2 Å². The van der Waals surface area contributed by atoms with Crippen LogP contribution < -0.4 is 10.8 Å². The van der Waals surface area contributed by atoms with Gasteiger partial charge in [0.05, 0.1) is 17.7 Å². The molecule has 0 fully saturated rings. The van der Waals surface area contributed by atoms with Gasteiger partial charge in [-0.1, -0.05) is 18.2 Å². The number of nitrogens with one attached hydrogen (secondary N) is 2. The van der Waals surface area contributed by atoms with E-state index in [1.165, 1.54) is 0 Å². The van der Waals surface area contributed by atoms with Crippen LogP contribution in [0.5, 0.6) is 5.75 Å². The molecule has 0 unspecified atom stereocenters. The number of aromatic hydroxyl groups is 1. The minimum atomic E-state index is 0.247. The highest BCUT2D eigenvalue weighted by Crippen LogP contribution is 2.37. The first-order valence-corrected chi connectivity index (χ1v) is 8.18. The van der Waals surface area contributed by atoms with Crippen LogP contribution >= 0.6 is 12.0 Å². The topological polar surface area (TPSA) is 62.8 Å². The zero-order chi connectivity index (χ0) is 16.9. The van der Waals surface area contributed by atoms with Crippen LogP contribution in [0.15, 0.2) is 59.5 Å². The maximum absolute atomic E-state index is 10.4. The second kappa shape index (κ2) is 7.44. The van der Waals surface area contributed by atoms with Crippen LogP contribution in [0, 0.1) is 6.92 Å². The molecule has 0 aliphatic carbocycles. The number of anilines is 2. The van der Waals surface area contributed by atoms with Crippen LogP contribution in [0.2, 0.25) is 0 Å². The van der Waals surface area contributed by atoms with Gasteiger partial charge < -0.3 is 10.4 Å². The summed E-state index contributed by atoms with van der Waals surface area (Å²) in [5.74, 6) is 0.247. The summed E-state index contributed by atoms with van der Waals surface area (Å²) in [5, 5.41) is 15.2. The molecule has 0 spiro atoms. The van der Waals surface area contributed by atoms with Gasteiger partial charge in [0, 0.05) is 28.6 Å². The normalized spacial score (nSPS) is 10.8. The Morgan fingerprint density at radius 3 is 2.54 bits per heavy atom. The third kappa shape index (κ3) is 3.56. The molecule has 0 aromatic heterocycles. The van der Waals surface area contributed by atoms with Crippen molar-refractivity contribution >= 4 is 34.2 Å². The molecule has 0 heterocycles. The third-order valence-electron chi connectivity index (χ3n) is 3.70. The van der Waals surface area contributed by atoms with E-state index in [9.17, 15) is 5.11 Å². The lowest BCUT2D eigenvalue weighted by Crippen LogP contribution is -1.98. The van der Waals surface area contributed by atoms with Crippen molar-refractivity contribution in [3.05, 3.63) is 60.2 Å². The van der Waals surface area contributed by atoms with E-state index < -0.39 is 0 Å². The summed E-state index contributed by atoms with van der Waals surface area (Å²) >= 11 is 1.04. The van der Waals surface area contributed by atoms with Crippen molar-refractivity contribution in [3.63, 3.8) is 0 Å². The molecule has 0 saturated carbocycles. The van der Waals surface area contributed by atoms with E-state index in [0.717, 1.165) is 44.6 Å². The highest BCUT2D eigenvalue weighted by atomic mass is 32.2. The molecule has 0 aliphatic rings. The number of para-hydroxylation sites is 1. The van der Waals surface area contributed by atoms with E-state index >= 15 is 0 Å². The molecule has 3 N–H and O–H groups in total. The van der Waals surface area contributed by atoms with Gasteiger partial charge in [-0.15, -0.1) is 9.32 Å². The maximum atomic E-state index is 10.4. The SMILES string of the molecule is CNc1ccc2c(O)c(C)c(SOONc3ccccc3)cc2c1. The van der Waals surface area contributed by atoms with E-state index in [1.807, 2.05) is 68.6 Å².